The molecule has 0 aliphatic heterocycles. The van der Waals surface area contributed by atoms with E-state index in [2.05, 4.69) is 5.32 Å². The molecule has 1 aliphatic rings. The fraction of sp³-hybridized carbons (Fsp3) is 0.467. The van der Waals surface area contributed by atoms with Crippen LogP contribution in [0.2, 0.25) is 5.02 Å². The maximum atomic E-state index is 12.0. The highest BCUT2D eigenvalue weighted by Gasteiger charge is 2.44. The van der Waals surface area contributed by atoms with Crippen LogP contribution in [0.4, 0.5) is 0 Å². The molecule has 6 heteroatoms. The number of hydrogen-bond donors (Lipinski definition) is 2. The molecule has 2 rings (SSSR count). The van der Waals surface area contributed by atoms with Gasteiger partial charge in [0.25, 0.3) is 5.91 Å². The Balaban J connectivity index is 1.85. The van der Waals surface area contributed by atoms with Crippen molar-refractivity contribution >= 4 is 23.5 Å². The summed E-state index contributed by atoms with van der Waals surface area (Å²) in [6.45, 7) is 1.77. The van der Waals surface area contributed by atoms with Crippen molar-refractivity contribution in [1.82, 2.24) is 5.32 Å². The van der Waals surface area contributed by atoms with E-state index in [4.69, 9.17) is 16.3 Å². The topological polar surface area (TPSA) is 75.6 Å². The highest BCUT2D eigenvalue weighted by atomic mass is 35.5. The van der Waals surface area contributed by atoms with Gasteiger partial charge < -0.3 is 15.2 Å². The fourth-order valence-corrected chi connectivity index (χ4v) is 2.37. The summed E-state index contributed by atoms with van der Waals surface area (Å²) in [6.07, 6.45) is 1.40. The minimum atomic E-state index is -0.847. The number of aliphatic carboxylic acids is 1. The summed E-state index contributed by atoms with van der Waals surface area (Å²) in [7, 11) is 0. The third-order valence-electron chi connectivity index (χ3n) is 3.86. The number of nitrogens with one attached hydrogen (secondary N) is 1. The van der Waals surface area contributed by atoms with Gasteiger partial charge in [-0.1, -0.05) is 18.0 Å². The van der Waals surface area contributed by atoms with E-state index in [1.165, 1.54) is 0 Å². The highest BCUT2D eigenvalue weighted by Crippen LogP contribution is 2.40. The number of carboxylic acids is 1. The summed E-state index contributed by atoms with van der Waals surface area (Å²) in [5.74, 6) is -0.628. The minimum absolute atomic E-state index is 0.148. The van der Waals surface area contributed by atoms with Crippen molar-refractivity contribution < 1.29 is 19.4 Å². The van der Waals surface area contributed by atoms with Gasteiger partial charge in [0.05, 0.1) is 5.41 Å². The van der Waals surface area contributed by atoms with Gasteiger partial charge in [0.15, 0.2) is 6.10 Å². The van der Waals surface area contributed by atoms with Crippen LogP contribution in [-0.2, 0) is 9.59 Å². The van der Waals surface area contributed by atoms with Crippen molar-refractivity contribution in [3.8, 4) is 5.75 Å². The minimum Gasteiger partial charge on any atom is -0.481 e. The average molecular weight is 312 g/mol. The standard InChI is InChI=1S/C15H18ClNO4/c1-10(21-12-5-3-11(16)4-6-12)13(18)17-9-15(14(19)20)7-2-8-15/h3-6,10H,2,7-9H2,1H3,(H,17,18)(H,19,20). The second-order valence-electron chi connectivity index (χ2n) is 5.37. The van der Waals surface area contributed by atoms with E-state index in [0.29, 0.717) is 23.6 Å². The molecule has 5 nitrogen and oxygen atoms in total. The predicted molar refractivity (Wildman–Crippen MR) is 78.5 cm³/mol. The van der Waals surface area contributed by atoms with Gasteiger partial charge in [-0.3, -0.25) is 9.59 Å². The van der Waals surface area contributed by atoms with Crippen LogP contribution in [0.3, 0.4) is 0 Å². The summed E-state index contributed by atoms with van der Waals surface area (Å²) in [4.78, 5) is 23.2. The summed E-state index contributed by atoms with van der Waals surface area (Å²) >= 11 is 5.77. The predicted octanol–water partition coefficient (Wildman–Crippen LogP) is 2.48. The number of benzene rings is 1. The lowest BCUT2D eigenvalue weighted by molar-refractivity contribution is -0.154. The number of hydrogen-bond acceptors (Lipinski definition) is 3. The molecular weight excluding hydrogens is 294 g/mol. The number of carbonyl (C=O) groups excluding carboxylic acids is 1. The van der Waals surface area contributed by atoms with Crippen LogP contribution in [0.25, 0.3) is 0 Å². The van der Waals surface area contributed by atoms with E-state index in [1.54, 1.807) is 31.2 Å². The van der Waals surface area contributed by atoms with Crippen molar-refractivity contribution in [2.75, 3.05) is 6.54 Å². The third-order valence-corrected chi connectivity index (χ3v) is 4.11. The number of amides is 1. The maximum Gasteiger partial charge on any atom is 0.311 e. The molecule has 114 valence electrons. The molecule has 1 saturated carbocycles. The molecule has 0 bridgehead atoms. The summed E-state index contributed by atoms with van der Waals surface area (Å²) in [6, 6.07) is 6.71. The van der Waals surface area contributed by atoms with Gasteiger partial charge in [-0.2, -0.15) is 0 Å². The molecule has 1 aliphatic carbocycles. The van der Waals surface area contributed by atoms with Crippen molar-refractivity contribution in [3.05, 3.63) is 29.3 Å². The Kier molecular flexibility index (Phi) is 4.73. The first-order valence-electron chi connectivity index (χ1n) is 6.86. The van der Waals surface area contributed by atoms with Gasteiger partial charge >= 0.3 is 5.97 Å². The number of carbonyl (C=O) groups is 2. The van der Waals surface area contributed by atoms with Crippen molar-refractivity contribution in [2.24, 2.45) is 5.41 Å². The smallest absolute Gasteiger partial charge is 0.311 e. The summed E-state index contributed by atoms with van der Waals surface area (Å²) < 4.78 is 5.49. The highest BCUT2D eigenvalue weighted by molar-refractivity contribution is 6.30. The molecular formula is C15H18ClNO4. The van der Waals surface area contributed by atoms with E-state index in [0.717, 1.165) is 6.42 Å². The van der Waals surface area contributed by atoms with E-state index < -0.39 is 17.5 Å². The second-order valence-corrected chi connectivity index (χ2v) is 5.81. The molecule has 0 radical (unpaired) electrons. The Morgan fingerprint density at radius 3 is 2.48 bits per heavy atom. The lowest BCUT2D eigenvalue weighted by Crippen LogP contribution is -2.49. The molecule has 21 heavy (non-hydrogen) atoms. The lowest BCUT2D eigenvalue weighted by Gasteiger charge is -2.37. The lowest BCUT2D eigenvalue weighted by atomic mass is 9.69. The fourth-order valence-electron chi connectivity index (χ4n) is 2.24. The first-order valence-corrected chi connectivity index (χ1v) is 7.24. The molecule has 2 N–H and O–H groups in total. The zero-order chi connectivity index (χ0) is 15.5. The van der Waals surface area contributed by atoms with E-state index in [9.17, 15) is 14.7 Å². The molecule has 1 fully saturated rings. The summed E-state index contributed by atoms with van der Waals surface area (Å²) in [5, 5.41) is 12.5. The number of rotatable bonds is 6. The Morgan fingerprint density at radius 2 is 2.00 bits per heavy atom. The van der Waals surface area contributed by atoms with Crippen LogP contribution in [0.1, 0.15) is 26.2 Å². The number of ether oxygens (including phenoxy) is 1. The van der Waals surface area contributed by atoms with E-state index in [-0.39, 0.29) is 12.5 Å². The van der Waals surface area contributed by atoms with Gasteiger partial charge in [-0.05, 0) is 44.0 Å². The third kappa shape index (κ3) is 3.67. The summed E-state index contributed by atoms with van der Waals surface area (Å²) in [5.41, 5.74) is -0.796. The van der Waals surface area contributed by atoms with Crippen LogP contribution in [-0.4, -0.2) is 29.6 Å². The molecule has 1 atom stereocenters. The maximum absolute atomic E-state index is 12.0. The zero-order valence-electron chi connectivity index (χ0n) is 11.8. The Bertz CT molecular complexity index is 525. The average Bonchev–Trinajstić information content (AvgIpc) is 2.39. The Hall–Kier alpha value is -1.75. The quantitative estimate of drug-likeness (QED) is 0.846. The van der Waals surface area contributed by atoms with Crippen molar-refractivity contribution in [1.29, 1.82) is 0 Å². The molecule has 1 aromatic carbocycles. The van der Waals surface area contributed by atoms with Crippen LogP contribution >= 0.6 is 11.6 Å². The Labute approximate surface area is 128 Å². The Morgan fingerprint density at radius 1 is 1.38 bits per heavy atom. The van der Waals surface area contributed by atoms with Crippen LogP contribution in [0.5, 0.6) is 5.75 Å². The van der Waals surface area contributed by atoms with Crippen molar-refractivity contribution in [3.63, 3.8) is 0 Å². The normalized spacial score (nSPS) is 17.4. The monoisotopic (exact) mass is 311 g/mol. The van der Waals surface area contributed by atoms with Crippen LogP contribution in [0, 0.1) is 5.41 Å². The van der Waals surface area contributed by atoms with E-state index in [1.807, 2.05) is 0 Å². The van der Waals surface area contributed by atoms with Crippen LogP contribution in [0.15, 0.2) is 24.3 Å². The second kappa shape index (κ2) is 6.35. The molecule has 0 spiro atoms. The SMILES string of the molecule is CC(Oc1ccc(Cl)cc1)C(=O)NCC1(C(=O)O)CCC1. The largest absolute Gasteiger partial charge is 0.481 e. The molecule has 0 aromatic heterocycles. The van der Waals surface area contributed by atoms with Gasteiger partial charge in [-0.25, -0.2) is 0 Å². The molecule has 0 heterocycles. The number of carboxylic acid groups (broad SMARTS) is 1. The van der Waals surface area contributed by atoms with Gasteiger partial charge in [-0.15, -0.1) is 0 Å². The number of halogens is 1. The first kappa shape index (κ1) is 15.6. The first-order chi connectivity index (χ1) is 9.93. The molecule has 1 amide bonds. The van der Waals surface area contributed by atoms with Gasteiger partial charge in [0.1, 0.15) is 5.75 Å². The molecule has 1 aromatic rings. The zero-order valence-corrected chi connectivity index (χ0v) is 12.5. The molecule has 1 unspecified atom stereocenters. The van der Waals surface area contributed by atoms with E-state index >= 15 is 0 Å². The van der Waals surface area contributed by atoms with Gasteiger partial charge in [0, 0.05) is 11.6 Å². The van der Waals surface area contributed by atoms with Crippen LogP contribution < -0.4 is 10.1 Å². The van der Waals surface area contributed by atoms with Crippen molar-refractivity contribution in [2.45, 2.75) is 32.3 Å². The molecule has 0 saturated heterocycles. The van der Waals surface area contributed by atoms with Gasteiger partial charge in [0.2, 0.25) is 0 Å².